The molecule has 0 aliphatic carbocycles. The zero-order valence-corrected chi connectivity index (χ0v) is 17.0. The second-order valence-electron chi connectivity index (χ2n) is 6.72. The van der Waals surface area contributed by atoms with Crippen LogP contribution in [-0.4, -0.2) is 37.4 Å². The van der Waals surface area contributed by atoms with E-state index in [0.29, 0.717) is 18.8 Å². The van der Waals surface area contributed by atoms with Gasteiger partial charge < -0.3 is 4.90 Å². The Balaban J connectivity index is 1.73. The number of amides is 1. The molecule has 0 saturated heterocycles. The normalized spacial score (nSPS) is 11.9. The molecule has 0 aliphatic heterocycles. The van der Waals surface area contributed by atoms with Crippen LogP contribution in [0.15, 0.2) is 48.7 Å². The van der Waals surface area contributed by atoms with Gasteiger partial charge in [0.25, 0.3) is 5.91 Å². The number of nitrogens with zero attached hydrogens (tertiary/aromatic N) is 5. The molecular weight excluding hydrogens is 415 g/mol. The third-order valence-electron chi connectivity index (χ3n) is 4.69. The van der Waals surface area contributed by atoms with Crippen molar-refractivity contribution in [2.75, 3.05) is 7.05 Å². The Labute approximate surface area is 174 Å². The van der Waals surface area contributed by atoms with Crippen molar-refractivity contribution in [1.82, 2.24) is 24.5 Å². The lowest BCUT2D eigenvalue weighted by molar-refractivity contribution is -0.140. The number of benzene rings is 1. The maximum atomic E-state index is 13.6. The molecule has 156 valence electrons. The number of halogens is 3. The number of hydrogen-bond acceptors (Lipinski definition) is 4. The highest BCUT2D eigenvalue weighted by Crippen LogP contribution is 2.39. The molecule has 0 saturated carbocycles. The van der Waals surface area contributed by atoms with Crippen LogP contribution in [-0.2, 0) is 19.3 Å². The minimum atomic E-state index is -4.63. The summed E-state index contributed by atoms with van der Waals surface area (Å²) in [4.78, 5) is 14.9. The molecule has 0 unspecified atom stereocenters. The number of carbonyl (C=O) groups excluding carboxylic acids is 1. The molecule has 1 amide bonds. The zero-order valence-electron chi connectivity index (χ0n) is 16.2. The third kappa shape index (κ3) is 3.58. The lowest BCUT2D eigenvalue weighted by Crippen LogP contribution is -2.26. The first-order chi connectivity index (χ1) is 14.3. The van der Waals surface area contributed by atoms with Gasteiger partial charge in [0.05, 0.1) is 22.8 Å². The summed E-state index contributed by atoms with van der Waals surface area (Å²) in [6.07, 6.45) is -2.97. The van der Waals surface area contributed by atoms with Crippen LogP contribution >= 0.6 is 11.3 Å². The number of thiophene rings is 1. The maximum Gasteiger partial charge on any atom is 0.435 e. The monoisotopic (exact) mass is 433 g/mol. The number of carbonyl (C=O) groups is 1. The number of hydrogen-bond donors (Lipinski definition) is 0. The van der Waals surface area contributed by atoms with Crippen LogP contribution in [0.5, 0.6) is 0 Å². The predicted octanol–water partition coefficient (Wildman–Crippen LogP) is 4.59. The van der Waals surface area contributed by atoms with Gasteiger partial charge in [0.15, 0.2) is 5.69 Å². The lowest BCUT2D eigenvalue weighted by Gasteiger charge is -2.16. The SMILES string of the molecule is CCn1nccc1CN(C)C(=O)c1cc2c(C(F)(F)F)nn(-c3ccccc3)c2s1. The first kappa shape index (κ1) is 20.1. The molecule has 0 fully saturated rings. The molecule has 3 aromatic heterocycles. The Hall–Kier alpha value is -3.14. The summed E-state index contributed by atoms with van der Waals surface area (Å²) in [5.41, 5.74) is 0.350. The number of rotatable bonds is 5. The molecule has 30 heavy (non-hydrogen) atoms. The van der Waals surface area contributed by atoms with Gasteiger partial charge in [-0.1, -0.05) is 18.2 Å². The fourth-order valence-corrected chi connectivity index (χ4v) is 4.38. The molecule has 0 atom stereocenters. The fraction of sp³-hybridized carbons (Fsp3) is 0.250. The average Bonchev–Trinajstić information content (AvgIpc) is 3.41. The van der Waals surface area contributed by atoms with Gasteiger partial charge in [0, 0.05) is 25.2 Å². The zero-order chi connectivity index (χ0) is 21.5. The van der Waals surface area contributed by atoms with Crippen molar-refractivity contribution in [3.8, 4) is 5.69 Å². The van der Waals surface area contributed by atoms with Crippen LogP contribution in [0.4, 0.5) is 13.2 Å². The van der Waals surface area contributed by atoms with Crippen molar-refractivity contribution in [3.05, 3.63) is 64.9 Å². The summed E-state index contributed by atoms with van der Waals surface area (Å²) in [5.74, 6) is -0.354. The van der Waals surface area contributed by atoms with Crippen molar-refractivity contribution in [1.29, 1.82) is 0 Å². The summed E-state index contributed by atoms with van der Waals surface area (Å²) in [5, 5.41) is 7.88. The Morgan fingerprint density at radius 1 is 1.20 bits per heavy atom. The highest BCUT2D eigenvalue weighted by molar-refractivity contribution is 7.20. The predicted molar refractivity (Wildman–Crippen MR) is 108 cm³/mol. The molecule has 0 N–H and O–H groups in total. The van der Waals surface area contributed by atoms with Crippen LogP contribution in [0, 0.1) is 0 Å². The summed E-state index contributed by atoms with van der Waals surface area (Å²) in [6, 6.07) is 11.7. The molecule has 0 aliphatic rings. The first-order valence-electron chi connectivity index (χ1n) is 9.21. The molecule has 0 spiro atoms. The van der Waals surface area contributed by atoms with Crippen molar-refractivity contribution in [3.63, 3.8) is 0 Å². The van der Waals surface area contributed by atoms with Crippen molar-refractivity contribution >= 4 is 27.5 Å². The fourth-order valence-electron chi connectivity index (χ4n) is 3.25. The van der Waals surface area contributed by atoms with E-state index in [2.05, 4.69) is 10.2 Å². The van der Waals surface area contributed by atoms with Crippen molar-refractivity contribution in [2.45, 2.75) is 26.2 Å². The molecule has 0 bridgehead atoms. The number of alkyl halides is 3. The molecular formula is C20H18F3N5OS. The number of aryl methyl sites for hydroxylation is 1. The number of fused-ring (bicyclic) bond motifs is 1. The summed E-state index contributed by atoms with van der Waals surface area (Å²) in [7, 11) is 1.62. The Morgan fingerprint density at radius 2 is 1.93 bits per heavy atom. The van der Waals surface area contributed by atoms with Crippen LogP contribution in [0.3, 0.4) is 0 Å². The van der Waals surface area contributed by atoms with Crippen LogP contribution in [0.25, 0.3) is 15.9 Å². The molecule has 3 heterocycles. The van der Waals surface area contributed by atoms with E-state index in [4.69, 9.17) is 0 Å². The minimum absolute atomic E-state index is 0.0771. The number of aromatic nitrogens is 4. The number of para-hydroxylation sites is 1. The first-order valence-corrected chi connectivity index (χ1v) is 10.0. The average molecular weight is 433 g/mol. The van der Waals surface area contributed by atoms with Gasteiger partial charge >= 0.3 is 6.18 Å². The quantitative estimate of drug-likeness (QED) is 0.462. The minimum Gasteiger partial charge on any atom is -0.335 e. The van der Waals surface area contributed by atoms with Gasteiger partial charge in [0.1, 0.15) is 4.83 Å². The highest BCUT2D eigenvalue weighted by Gasteiger charge is 2.38. The molecule has 10 heteroatoms. The van der Waals surface area contributed by atoms with Gasteiger partial charge in [0.2, 0.25) is 0 Å². The maximum absolute atomic E-state index is 13.6. The third-order valence-corrected chi connectivity index (χ3v) is 5.79. The van der Waals surface area contributed by atoms with Crippen molar-refractivity contribution in [2.24, 2.45) is 0 Å². The van der Waals surface area contributed by atoms with Gasteiger partial charge in [-0.2, -0.15) is 23.4 Å². The summed E-state index contributed by atoms with van der Waals surface area (Å²) >= 11 is 1.00. The van der Waals surface area contributed by atoms with E-state index >= 15 is 0 Å². The summed E-state index contributed by atoms with van der Waals surface area (Å²) in [6.45, 7) is 2.91. The van der Waals surface area contributed by atoms with E-state index in [1.807, 2.05) is 13.0 Å². The standard InChI is InChI=1S/C20H18F3N5OS/c1-3-27-14(9-10-24-27)12-26(2)18(29)16-11-15-17(20(21,22)23)25-28(19(15)30-16)13-7-5-4-6-8-13/h4-11H,3,12H2,1-2H3. The smallest absolute Gasteiger partial charge is 0.335 e. The molecule has 0 radical (unpaired) electrons. The van der Waals surface area contributed by atoms with E-state index in [-0.39, 0.29) is 21.0 Å². The lowest BCUT2D eigenvalue weighted by atomic mass is 10.2. The molecule has 1 aromatic carbocycles. The molecule has 4 aromatic rings. The van der Waals surface area contributed by atoms with E-state index in [1.165, 1.54) is 15.6 Å². The highest BCUT2D eigenvalue weighted by atomic mass is 32.1. The van der Waals surface area contributed by atoms with E-state index < -0.39 is 11.9 Å². The van der Waals surface area contributed by atoms with E-state index in [1.54, 1.807) is 48.3 Å². The topological polar surface area (TPSA) is 56.0 Å². The molecule has 6 nitrogen and oxygen atoms in total. The second-order valence-corrected chi connectivity index (χ2v) is 7.75. The summed E-state index contributed by atoms with van der Waals surface area (Å²) < 4.78 is 43.7. The largest absolute Gasteiger partial charge is 0.435 e. The Bertz CT molecular complexity index is 1190. The Kier molecular flexibility index (Phi) is 5.10. The van der Waals surface area contributed by atoms with Gasteiger partial charge in [-0.3, -0.25) is 9.48 Å². The van der Waals surface area contributed by atoms with Gasteiger partial charge in [-0.25, -0.2) is 4.68 Å². The van der Waals surface area contributed by atoms with Crippen LogP contribution in [0.1, 0.15) is 28.0 Å². The van der Waals surface area contributed by atoms with E-state index in [0.717, 1.165) is 17.0 Å². The second kappa shape index (κ2) is 7.60. The Morgan fingerprint density at radius 3 is 2.60 bits per heavy atom. The van der Waals surface area contributed by atoms with Crippen molar-refractivity contribution < 1.29 is 18.0 Å². The van der Waals surface area contributed by atoms with Gasteiger partial charge in [-0.05, 0) is 31.2 Å². The van der Waals surface area contributed by atoms with E-state index in [9.17, 15) is 18.0 Å². The van der Waals surface area contributed by atoms with Crippen LogP contribution < -0.4 is 0 Å². The molecule has 4 rings (SSSR count). The van der Waals surface area contributed by atoms with Crippen LogP contribution in [0.2, 0.25) is 0 Å². The van der Waals surface area contributed by atoms with Gasteiger partial charge in [-0.15, -0.1) is 11.3 Å².